The number of rotatable bonds is 6. The fraction of sp³-hybridized carbons (Fsp3) is 0.440. The lowest BCUT2D eigenvalue weighted by Crippen LogP contribution is -2.52. The third-order valence-electron chi connectivity index (χ3n) is 5.71. The lowest BCUT2D eigenvalue weighted by molar-refractivity contribution is -0.124. The summed E-state index contributed by atoms with van der Waals surface area (Å²) in [5.74, 6) is -0.131. The number of nitrogens with one attached hydrogen (secondary N) is 2. The van der Waals surface area contributed by atoms with Gasteiger partial charge in [0.2, 0.25) is 5.91 Å². The Labute approximate surface area is 202 Å². The van der Waals surface area contributed by atoms with Crippen molar-refractivity contribution in [2.75, 3.05) is 37.4 Å². The second kappa shape index (κ2) is 10.1. The third-order valence-corrected chi connectivity index (χ3v) is 7.09. The van der Waals surface area contributed by atoms with Gasteiger partial charge in [0.25, 0.3) is 15.9 Å². The molecule has 0 atom stereocenters. The Kier molecular flexibility index (Phi) is 7.67. The molecule has 0 aliphatic carbocycles. The summed E-state index contributed by atoms with van der Waals surface area (Å²) in [6.07, 6.45) is 0. The molecule has 0 bridgehead atoms. The van der Waals surface area contributed by atoms with Gasteiger partial charge in [0.15, 0.2) is 0 Å². The molecule has 0 unspecified atom stereocenters. The number of aryl methyl sites for hydroxylation is 2. The first-order chi connectivity index (χ1) is 15.8. The maximum Gasteiger partial charge on any atom is 0.261 e. The van der Waals surface area contributed by atoms with Crippen LogP contribution >= 0.6 is 0 Å². The number of carbonyl (C=O) groups is 2. The van der Waals surface area contributed by atoms with E-state index in [4.69, 9.17) is 0 Å². The molecule has 0 spiro atoms. The van der Waals surface area contributed by atoms with Crippen LogP contribution in [0.4, 0.5) is 5.69 Å². The average Bonchev–Trinajstić information content (AvgIpc) is 2.74. The van der Waals surface area contributed by atoms with E-state index in [1.54, 1.807) is 47.4 Å². The predicted octanol–water partition coefficient (Wildman–Crippen LogP) is 2.78. The van der Waals surface area contributed by atoms with Crippen LogP contribution in [0.15, 0.2) is 47.4 Å². The number of hydrogen-bond acceptors (Lipinski definition) is 5. The van der Waals surface area contributed by atoms with Crippen LogP contribution in [-0.4, -0.2) is 68.3 Å². The van der Waals surface area contributed by atoms with Crippen LogP contribution in [0.5, 0.6) is 0 Å². The molecular weight excluding hydrogens is 452 g/mol. The standard InChI is InChI=1S/C25H34N4O4S/c1-18-6-11-22(16-19(18)2)34(32,33)27-21-9-7-20(8-10-21)24(31)29-14-12-28(13-15-29)17-23(30)26-25(3,4)5/h6-11,16,27H,12-15,17H2,1-5H3,(H,26,30). The summed E-state index contributed by atoms with van der Waals surface area (Å²) in [5.41, 5.74) is 2.54. The summed E-state index contributed by atoms with van der Waals surface area (Å²) in [4.78, 5) is 29.0. The first kappa shape index (κ1) is 25.7. The van der Waals surface area contributed by atoms with Crippen molar-refractivity contribution < 1.29 is 18.0 Å². The number of benzene rings is 2. The maximum atomic E-state index is 12.9. The van der Waals surface area contributed by atoms with Gasteiger partial charge in [-0.3, -0.25) is 19.2 Å². The van der Waals surface area contributed by atoms with Crippen LogP contribution < -0.4 is 10.0 Å². The molecule has 0 aromatic heterocycles. The van der Waals surface area contributed by atoms with Crippen molar-refractivity contribution in [2.24, 2.45) is 0 Å². The molecule has 1 aliphatic rings. The Morgan fingerprint density at radius 3 is 2.09 bits per heavy atom. The van der Waals surface area contributed by atoms with E-state index in [1.807, 2.05) is 39.5 Å². The molecule has 9 heteroatoms. The molecule has 2 aromatic rings. The van der Waals surface area contributed by atoms with Gasteiger partial charge in [0, 0.05) is 43.0 Å². The summed E-state index contributed by atoms with van der Waals surface area (Å²) < 4.78 is 28.0. The van der Waals surface area contributed by atoms with E-state index in [1.165, 1.54) is 0 Å². The highest BCUT2D eigenvalue weighted by Gasteiger charge is 2.24. The molecule has 8 nitrogen and oxygen atoms in total. The molecule has 2 N–H and O–H groups in total. The second-order valence-electron chi connectivity index (χ2n) is 9.80. The smallest absolute Gasteiger partial charge is 0.261 e. The molecular formula is C25H34N4O4S. The van der Waals surface area contributed by atoms with Crippen molar-refractivity contribution in [2.45, 2.75) is 45.1 Å². The largest absolute Gasteiger partial charge is 0.350 e. The highest BCUT2D eigenvalue weighted by Crippen LogP contribution is 2.20. The summed E-state index contributed by atoms with van der Waals surface area (Å²) in [6, 6.07) is 11.4. The van der Waals surface area contributed by atoms with Crippen LogP contribution in [0.3, 0.4) is 0 Å². The number of carbonyl (C=O) groups excluding carboxylic acids is 2. The maximum absolute atomic E-state index is 12.9. The Morgan fingerprint density at radius 2 is 1.53 bits per heavy atom. The van der Waals surface area contributed by atoms with Crippen molar-refractivity contribution >= 4 is 27.5 Å². The van der Waals surface area contributed by atoms with E-state index in [-0.39, 0.29) is 22.2 Å². The molecule has 0 saturated carbocycles. The Morgan fingerprint density at radius 1 is 0.912 bits per heavy atom. The van der Waals surface area contributed by atoms with E-state index in [0.717, 1.165) is 11.1 Å². The highest BCUT2D eigenvalue weighted by atomic mass is 32.2. The molecule has 34 heavy (non-hydrogen) atoms. The minimum absolute atomic E-state index is 0.0221. The van der Waals surface area contributed by atoms with Crippen LogP contribution in [0.25, 0.3) is 0 Å². The van der Waals surface area contributed by atoms with Gasteiger partial charge in [-0.15, -0.1) is 0 Å². The van der Waals surface area contributed by atoms with Crippen molar-refractivity contribution in [3.63, 3.8) is 0 Å². The lowest BCUT2D eigenvalue weighted by Gasteiger charge is -2.35. The van der Waals surface area contributed by atoms with Gasteiger partial charge in [0.05, 0.1) is 11.4 Å². The number of sulfonamides is 1. The van der Waals surface area contributed by atoms with E-state index < -0.39 is 10.0 Å². The Hall–Kier alpha value is -2.91. The van der Waals surface area contributed by atoms with Crippen molar-refractivity contribution in [3.8, 4) is 0 Å². The van der Waals surface area contributed by atoms with Gasteiger partial charge in [-0.2, -0.15) is 0 Å². The topological polar surface area (TPSA) is 98.8 Å². The minimum atomic E-state index is -3.72. The molecule has 2 amide bonds. The van der Waals surface area contributed by atoms with Crippen molar-refractivity contribution in [1.29, 1.82) is 0 Å². The molecule has 1 heterocycles. The van der Waals surface area contributed by atoms with Gasteiger partial charge in [-0.25, -0.2) is 8.42 Å². The van der Waals surface area contributed by atoms with Crippen LogP contribution in [-0.2, 0) is 14.8 Å². The van der Waals surface area contributed by atoms with Crippen LogP contribution in [0.1, 0.15) is 42.3 Å². The van der Waals surface area contributed by atoms with E-state index >= 15 is 0 Å². The van der Waals surface area contributed by atoms with E-state index in [2.05, 4.69) is 10.0 Å². The van der Waals surface area contributed by atoms with E-state index in [9.17, 15) is 18.0 Å². The third kappa shape index (κ3) is 6.80. The molecule has 1 aliphatic heterocycles. The van der Waals surface area contributed by atoms with Gasteiger partial charge in [-0.05, 0) is 82.1 Å². The van der Waals surface area contributed by atoms with Crippen molar-refractivity contribution in [3.05, 3.63) is 59.2 Å². The van der Waals surface area contributed by atoms with Crippen LogP contribution in [0.2, 0.25) is 0 Å². The number of piperazine rings is 1. The number of amides is 2. The molecule has 2 aromatic carbocycles. The highest BCUT2D eigenvalue weighted by molar-refractivity contribution is 7.92. The molecule has 184 valence electrons. The number of anilines is 1. The molecule has 1 saturated heterocycles. The lowest BCUT2D eigenvalue weighted by atomic mass is 10.1. The Balaban J connectivity index is 1.56. The number of nitrogens with zero attached hydrogens (tertiary/aromatic N) is 2. The monoisotopic (exact) mass is 486 g/mol. The second-order valence-corrected chi connectivity index (χ2v) is 11.5. The zero-order chi connectivity index (χ0) is 25.1. The Bertz CT molecular complexity index is 1150. The van der Waals surface area contributed by atoms with E-state index in [0.29, 0.717) is 44.0 Å². The average molecular weight is 487 g/mol. The summed E-state index contributed by atoms with van der Waals surface area (Å²) >= 11 is 0. The first-order valence-electron chi connectivity index (χ1n) is 11.4. The van der Waals surface area contributed by atoms with Gasteiger partial charge in [-0.1, -0.05) is 6.07 Å². The van der Waals surface area contributed by atoms with Crippen LogP contribution in [0, 0.1) is 13.8 Å². The summed E-state index contributed by atoms with van der Waals surface area (Å²) in [6.45, 7) is 12.3. The first-order valence-corrected chi connectivity index (χ1v) is 12.9. The van der Waals surface area contributed by atoms with Gasteiger partial charge < -0.3 is 10.2 Å². The molecule has 1 fully saturated rings. The zero-order valence-electron chi connectivity index (χ0n) is 20.5. The van der Waals surface area contributed by atoms with Crippen molar-refractivity contribution in [1.82, 2.24) is 15.1 Å². The van der Waals surface area contributed by atoms with Gasteiger partial charge >= 0.3 is 0 Å². The quantitative estimate of drug-likeness (QED) is 0.654. The minimum Gasteiger partial charge on any atom is -0.350 e. The van der Waals surface area contributed by atoms with Gasteiger partial charge in [0.1, 0.15) is 0 Å². The summed E-state index contributed by atoms with van der Waals surface area (Å²) in [7, 11) is -3.72. The SMILES string of the molecule is Cc1ccc(S(=O)(=O)Nc2ccc(C(=O)N3CCN(CC(=O)NC(C)(C)C)CC3)cc2)cc1C. The number of hydrogen-bond donors (Lipinski definition) is 2. The zero-order valence-corrected chi connectivity index (χ0v) is 21.3. The fourth-order valence-corrected chi connectivity index (χ4v) is 4.87. The predicted molar refractivity (Wildman–Crippen MR) is 133 cm³/mol. The fourth-order valence-electron chi connectivity index (χ4n) is 3.73. The normalized spacial score (nSPS) is 15.1. The molecule has 3 rings (SSSR count). The molecule has 0 radical (unpaired) electrons. The summed E-state index contributed by atoms with van der Waals surface area (Å²) in [5, 5.41) is 2.95.